The Bertz CT molecular complexity index is 520. The minimum Gasteiger partial charge on any atom is -0.330 e. The fourth-order valence-electron chi connectivity index (χ4n) is 2.06. The van der Waals surface area contributed by atoms with Crippen LogP contribution in [-0.2, 0) is 4.79 Å². The van der Waals surface area contributed by atoms with Crippen LogP contribution in [-0.4, -0.2) is 23.9 Å². The summed E-state index contributed by atoms with van der Waals surface area (Å²) in [5.41, 5.74) is 0.729. The molecule has 0 aliphatic heterocycles. The van der Waals surface area contributed by atoms with E-state index in [1.165, 1.54) is 0 Å². The van der Waals surface area contributed by atoms with E-state index in [4.69, 9.17) is 6.42 Å². The maximum atomic E-state index is 12.4. The molecule has 0 saturated heterocycles. The van der Waals surface area contributed by atoms with Gasteiger partial charge in [-0.2, -0.15) is 5.26 Å². The molecule has 1 aliphatic carbocycles. The summed E-state index contributed by atoms with van der Waals surface area (Å²) in [4.78, 5) is 14.1. The Morgan fingerprint density at radius 1 is 1.42 bits per heavy atom. The molecule has 19 heavy (non-hydrogen) atoms. The lowest BCUT2D eigenvalue weighted by atomic mass is 9.99. The summed E-state index contributed by atoms with van der Waals surface area (Å²) in [7, 11) is 0. The third kappa shape index (κ3) is 3.36. The lowest BCUT2D eigenvalue weighted by Gasteiger charge is -2.22. The van der Waals surface area contributed by atoms with E-state index < -0.39 is 5.92 Å². The molecule has 1 atom stereocenters. The zero-order valence-electron chi connectivity index (χ0n) is 10.7. The lowest BCUT2D eigenvalue weighted by Crippen LogP contribution is -2.36. The second-order valence-electron chi connectivity index (χ2n) is 4.84. The van der Waals surface area contributed by atoms with E-state index in [-0.39, 0.29) is 12.5 Å². The van der Waals surface area contributed by atoms with Gasteiger partial charge in [0.25, 0.3) is 0 Å². The largest absolute Gasteiger partial charge is 0.330 e. The highest BCUT2D eigenvalue weighted by atomic mass is 16.2. The van der Waals surface area contributed by atoms with Gasteiger partial charge in [-0.25, -0.2) is 0 Å². The van der Waals surface area contributed by atoms with E-state index in [0.29, 0.717) is 12.5 Å². The van der Waals surface area contributed by atoms with Crippen LogP contribution >= 0.6 is 0 Å². The Labute approximate surface area is 113 Å². The number of hydrogen-bond acceptors (Lipinski definition) is 2. The van der Waals surface area contributed by atoms with Crippen LogP contribution in [0, 0.1) is 29.6 Å². The number of benzene rings is 1. The van der Waals surface area contributed by atoms with Gasteiger partial charge in [0.05, 0.1) is 12.6 Å². The summed E-state index contributed by atoms with van der Waals surface area (Å²) in [6, 6.07) is 11.2. The Morgan fingerprint density at radius 3 is 2.63 bits per heavy atom. The number of nitriles is 1. The molecule has 2 rings (SSSR count). The van der Waals surface area contributed by atoms with Gasteiger partial charge in [0.15, 0.2) is 0 Å². The SMILES string of the molecule is C#CCN(CC1CC1)C(=O)C(C#N)c1ccccc1. The van der Waals surface area contributed by atoms with E-state index in [2.05, 4.69) is 12.0 Å². The topological polar surface area (TPSA) is 44.1 Å². The summed E-state index contributed by atoms with van der Waals surface area (Å²) < 4.78 is 0. The molecule has 1 fully saturated rings. The van der Waals surface area contributed by atoms with Gasteiger partial charge in [0, 0.05) is 6.54 Å². The first-order chi connectivity index (χ1) is 9.26. The van der Waals surface area contributed by atoms with Crippen LogP contribution in [0.2, 0.25) is 0 Å². The smallest absolute Gasteiger partial charge is 0.245 e. The van der Waals surface area contributed by atoms with Gasteiger partial charge in [0.1, 0.15) is 5.92 Å². The molecule has 1 saturated carbocycles. The van der Waals surface area contributed by atoms with Crippen LogP contribution in [0.4, 0.5) is 0 Å². The number of amides is 1. The van der Waals surface area contributed by atoms with Crippen molar-refractivity contribution >= 4 is 5.91 Å². The lowest BCUT2D eigenvalue weighted by molar-refractivity contribution is -0.131. The van der Waals surface area contributed by atoms with Gasteiger partial charge in [-0.1, -0.05) is 36.3 Å². The summed E-state index contributed by atoms with van der Waals surface area (Å²) >= 11 is 0. The minimum atomic E-state index is -0.756. The maximum Gasteiger partial charge on any atom is 0.245 e. The van der Waals surface area contributed by atoms with Crippen molar-refractivity contribution in [3.8, 4) is 18.4 Å². The first-order valence-electron chi connectivity index (χ1n) is 6.43. The molecule has 0 aromatic heterocycles. The van der Waals surface area contributed by atoms with E-state index in [1.807, 2.05) is 18.2 Å². The van der Waals surface area contributed by atoms with E-state index in [1.54, 1.807) is 17.0 Å². The van der Waals surface area contributed by atoms with Crippen LogP contribution in [0.15, 0.2) is 30.3 Å². The molecule has 0 bridgehead atoms. The number of carbonyl (C=O) groups excluding carboxylic acids is 1. The molecule has 3 nitrogen and oxygen atoms in total. The average molecular weight is 252 g/mol. The summed E-state index contributed by atoms with van der Waals surface area (Å²) in [5.74, 6) is 2.13. The molecular formula is C16H16N2O. The molecule has 0 radical (unpaired) electrons. The summed E-state index contributed by atoms with van der Waals surface area (Å²) in [5, 5.41) is 9.27. The van der Waals surface area contributed by atoms with Crippen molar-refractivity contribution in [3.05, 3.63) is 35.9 Å². The highest BCUT2D eigenvalue weighted by Crippen LogP contribution is 2.30. The molecule has 1 unspecified atom stereocenters. The highest BCUT2D eigenvalue weighted by molar-refractivity contribution is 5.86. The number of hydrogen-bond donors (Lipinski definition) is 0. The van der Waals surface area contributed by atoms with Crippen molar-refractivity contribution in [2.45, 2.75) is 18.8 Å². The van der Waals surface area contributed by atoms with Crippen molar-refractivity contribution in [2.24, 2.45) is 5.92 Å². The molecule has 1 aliphatic rings. The highest BCUT2D eigenvalue weighted by Gasteiger charge is 2.30. The molecule has 1 amide bonds. The molecule has 0 heterocycles. The van der Waals surface area contributed by atoms with Gasteiger partial charge in [-0.05, 0) is 24.3 Å². The third-order valence-electron chi connectivity index (χ3n) is 3.28. The van der Waals surface area contributed by atoms with Gasteiger partial charge >= 0.3 is 0 Å². The summed E-state index contributed by atoms with van der Waals surface area (Å²) in [6.45, 7) is 0.953. The quantitative estimate of drug-likeness (QED) is 0.754. The van der Waals surface area contributed by atoms with E-state index in [0.717, 1.165) is 18.4 Å². The van der Waals surface area contributed by atoms with Crippen molar-refractivity contribution in [1.29, 1.82) is 5.26 Å². The first-order valence-corrected chi connectivity index (χ1v) is 6.43. The normalized spacial score (nSPS) is 15.1. The zero-order chi connectivity index (χ0) is 13.7. The molecule has 96 valence electrons. The predicted molar refractivity (Wildman–Crippen MR) is 72.9 cm³/mol. The van der Waals surface area contributed by atoms with Crippen LogP contribution in [0.3, 0.4) is 0 Å². The average Bonchev–Trinajstić information content (AvgIpc) is 3.24. The number of nitrogens with zero attached hydrogens (tertiary/aromatic N) is 2. The fourth-order valence-corrected chi connectivity index (χ4v) is 2.06. The number of carbonyl (C=O) groups is 1. The van der Waals surface area contributed by atoms with E-state index >= 15 is 0 Å². The standard InChI is InChI=1S/C16H16N2O/c1-2-10-18(12-13-8-9-13)16(19)15(11-17)14-6-4-3-5-7-14/h1,3-7,13,15H,8-10,12H2. The third-order valence-corrected chi connectivity index (χ3v) is 3.28. The molecule has 1 aromatic carbocycles. The molecular weight excluding hydrogens is 236 g/mol. The van der Waals surface area contributed by atoms with Crippen molar-refractivity contribution in [1.82, 2.24) is 4.90 Å². The van der Waals surface area contributed by atoms with Gasteiger partial charge < -0.3 is 4.90 Å². The summed E-state index contributed by atoms with van der Waals surface area (Å²) in [6.07, 6.45) is 7.62. The Morgan fingerprint density at radius 2 is 2.11 bits per heavy atom. The number of terminal acetylenes is 1. The number of rotatable bonds is 5. The van der Waals surface area contributed by atoms with Crippen LogP contribution in [0.5, 0.6) is 0 Å². The van der Waals surface area contributed by atoms with Crippen LogP contribution in [0.1, 0.15) is 24.3 Å². The van der Waals surface area contributed by atoms with Crippen molar-refractivity contribution < 1.29 is 4.79 Å². The molecule has 3 heteroatoms. The second kappa shape index (κ2) is 6.07. The maximum absolute atomic E-state index is 12.4. The minimum absolute atomic E-state index is 0.182. The predicted octanol–water partition coefficient (Wildman–Crippen LogP) is 2.17. The zero-order valence-corrected chi connectivity index (χ0v) is 10.7. The first kappa shape index (κ1) is 13.2. The van der Waals surface area contributed by atoms with E-state index in [9.17, 15) is 10.1 Å². The van der Waals surface area contributed by atoms with Gasteiger partial charge in [0.2, 0.25) is 5.91 Å². The van der Waals surface area contributed by atoms with Crippen LogP contribution in [0.25, 0.3) is 0 Å². The van der Waals surface area contributed by atoms with Gasteiger partial charge in [-0.15, -0.1) is 6.42 Å². The second-order valence-corrected chi connectivity index (χ2v) is 4.84. The fraction of sp³-hybridized carbons (Fsp3) is 0.375. The monoisotopic (exact) mass is 252 g/mol. The molecule has 1 aromatic rings. The molecule has 0 N–H and O–H groups in total. The molecule has 0 spiro atoms. The Hall–Kier alpha value is -2.26. The van der Waals surface area contributed by atoms with Crippen LogP contribution < -0.4 is 0 Å². The van der Waals surface area contributed by atoms with Crippen molar-refractivity contribution in [3.63, 3.8) is 0 Å². The Kier molecular flexibility index (Phi) is 4.21. The van der Waals surface area contributed by atoms with Crippen molar-refractivity contribution in [2.75, 3.05) is 13.1 Å². The van der Waals surface area contributed by atoms with Gasteiger partial charge in [-0.3, -0.25) is 4.79 Å². The Balaban J connectivity index is 2.14.